The number of hydrogen-bond donors (Lipinski definition) is 2. The van der Waals surface area contributed by atoms with E-state index in [1.165, 1.54) is 4.57 Å². The highest BCUT2D eigenvalue weighted by molar-refractivity contribution is 7.98. The summed E-state index contributed by atoms with van der Waals surface area (Å²) in [7, 11) is 0. The van der Waals surface area contributed by atoms with Crippen LogP contribution in [0.5, 0.6) is 0 Å². The van der Waals surface area contributed by atoms with Gasteiger partial charge in [0.2, 0.25) is 11.8 Å². The van der Waals surface area contributed by atoms with Crippen LogP contribution in [0.1, 0.15) is 46.6 Å². The van der Waals surface area contributed by atoms with E-state index in [1.807, 2.05) is 61.1 Å². The smallest absolute Gasteiger partial charge is 0.248 e. The maximum Gasteiger partial charge on any atom is 0.248 e. The summed E-state index contributed by atoms with van der Waals surface area (Å²) in [6.07, 6.45) is 12.4. The molecule has 8 nitrogen and oxygen atoms in total. The van der Waals surface area contributed by atoms with Crippen molar-refractivity contribution >= 4 is 81.7 Å². The Bertz CT molecular complexity index is 1730. The van der Waals surface area contributed by atoms with Crippen LogP contribution in [0, 0.1) is 0 Å². The molecule has 0 unspecified atom stereocenters. The third-order valence-electron chi connectivity index (χ3n) is 6.69. The summed E-state index contributed by atoms with van der Waals surface area (Å²) >= 11 is 3.28. The Morgan fingerprint density at radius 2 is 1.10 bits per heavy atom. The van der Waals surface area contributed by atoms with Crippen LogP contribution in [0.2, 0.25) is 0 Å². The van der Waals surface area contributed by atoms with Crippen LogP contribution in [0.4, 0.5) is 0 Å². The molecule has 40 heavy (non-hydrogen) atoms. The van der Waals surface area contributed by atoms with E-state index in [0.29, 0.717) is 57.7 Å². The van der Waals surface area contributed by atoms with E-state index in [2.05, 4.69) is 0 Å². The highest BCUT2D eigenvalue weighted by atomic mass is 32.2. The zero-order chi connectivity index (χ0) is 29.1. The second-order valence-electron chi connectivity index (χ2n) is 9.57. The van der Waals surface area contributed by atoms with Crippen molar-refractivity contribution in [2.75, 3.05) is 24.0 Å². The van der Waals surface area contributed by atoms with Gasteiger partial charge in [0.25, 0.3) is 0 Å². The molecule has 0 amide bonds. The average molecular weight is 574 g/mol. The summed E-state index contributed by atoms with van der Waals surface area (Å²) in [5.41, 5.74) is 17.3. The Morgan fingerprint density at radius 1 is 0.725 bits per heavy atom. The lowest BCUT2D eigenvalue weighted by atomic mass is 10.2. The molecule has 8 bridgehead atoms. The fourth-order valence-corrected chi connectivity index (χ4v) is 5.58. The highest BCUT2D eigenvalue weighted by Crippen LogP contribution is 2.22. The lowest BCUT2D eigenvalue weighted by Gasteiger charge is -2.12. The van der Waals surface area contributed by atoms with Crippen molar-refractivity contribution in [3.05, 3.63) is 71.3 Å². The number of thioether (sulfide) groups is 2. The van der Waals surface area contributed by atoms with Crippen molar-refractivity contribution in [1.29, 1.82) is 0 Å². The Hall–Kier alpha value is -3.44. The summed E-state index contributed by atoms with van der Waals surface area (Å²) in [6.45, 7) is 0. The first-order valence-electron chi connectivity index (χ1n) is 13.5. The lowest BCUT2D eigenvalue weighted by Crippen LogP contribution is -2.35. The molecule has 0 spiro atoms. The van der Waals surface area contributed by atoms with Gasteiger partial charge in [0, 0.05) is 0 Å². The minimum atomic E-state index is -0.715. The molecule has 10 heteroatoms. The predicted octanol–water partition coefficient (Wildman–Crippen LogP) is 5.04. The summed E-state index contributed by atoms with van der Waals surface area (Å²) in [5.74, 6) is 1.05. The van der Waals surface area contributed by atoms with E-state index in [0.717, 1.165) is 11.5 Å². The Labute approximate surface area is 243 Å². The Morgan fingerprint density at radius 3 is 1.52 bits per heavy atom. The first-order valence-corrected chi connectivity index (χ1v) is 15.8. The van der Waals surface area contributed by atoms with Gasteiger partial charge < -0.3 is 11.5 Å². The molecular weight excluding hydrogens is 541 g/mol. The number of carbonyl (C=O) groups excluding carboxylic acids is 2. The molecule has 0 fully saturated rings. The van der Waals surface area contributed by atoms with Gasteiger partial charge >= 0.3 is 0 Å². The molecule has 0 radical (unpaired) electrons. The largest absolute Gasteiger partial charge is 0.320 e. The molecule has 5 heterocycles. The molecule has 4 N–H and O–H groups in total. The van der Waals surface area contributed by atoms with Crippen LogP contribution >= 0.6 is 23.5 Å². The SMILES string of the molecule is [2H]c1cc2cc3nc(cc4ccc(cc5nc(cc1n2C(=O)[C@@H](N)CCSC)C=C5)n4C(=O)[C@@H](N)CCSC)C=C3. The first kappa shape index (κ1) is 26.8. The number of nitrogens with two attached hydrogens (primary N) is 2. The molecule has 3 aromatic heterocycles. The van der Waals surface area contributed by atoms with Crippen molar-refractivity contribution in [3.63, 3.8) is 0 Å². The molecule has 0 saturated heterocycles. The van der Waals surface area contributed by atoms with Crippen LogP contribution < -0.4 is 11.5 Å². The minimum absolute atomic E-state index is 0.181. The number of hydrogen-bond acceptors (Lipinski definition) is 8. The second kappa shape index (κ2) is 12.4. The summed E-state index contributed by atoms with van der Waals surface area (Å²) in [5, 5.41) is 0. The third kappa shape index (κ3) is 6.00. The number of rotatable bonds is 8. The zero-order valence-electron chi connectivity index (χ0n) is 23.4. The van der Waals surface area contributed by atoms with Gasteiger partial charge in [-0.15, -0.1) is 0 Å². The van der Waals surface area contributed by atoms with Gasteiger partial charge in [-0.2, -0.15) is 23.5 Å². The van der Waals surface area contributed by atoms with E-state index in [1.54, 1.807) is 46.3 Å². The molecule has 0 aromatic carbocycles. The van der Waals surface area contributed by atoms with Crippen LogP contribution in [0.3, 0.4) is 0 Å². The topological polar surface area (TPSA) is 122 Å². The minimum Gasteiger partial charge on any atom is -0.320 e. The van der Waals surface area contributed by atoms with Crippen LogP contribution in [-0.2, 0) is 0 Å². The molecule has 0 aliphatic carbocycles. The van der Waals surface area contributed by atoms with Crippen molar-refractivity contribution in [2.24, 2.45) is 11.5 Å². The van der Waals surface area contributed by atoms with E-state index in [4.69, 9.17) is 22.8 Å². The molecular formula is C30H32N6O2S2. The summed E-state index contributed by atoms with van der Waals surface area (Å²) in [4.78, 5) is 36.5. The molecule has 3 aromatic rings. The van der Waals surface area contributed by atoms with Crippen LogP contribution in [0.25, 0.3) is 46.4 Å². The fraction of sp³-hybridized carbons (Fsp3) is 0.267. The molecule has 2 aliphatic heterocycles. The number of carbonyl (C=O) groups is 2. The van der Waals surface area contributed by atoms with Gasteiger partial charge in [0.15, 0.2) is 0 Å². The number of fused-ring (bicyclic) bond motifs is 8. The van der Waals surface area contributed by atoms with E-state index in [9.17, 15) is 9.59 Å². The first-order chi connectivity index (χ1) is 19.8. The summed E-state index contributed by atoms with van der Waals surface area (Å²) in [6, 6.07) is 11.3. The molecule has 0 saturated carbocycles. The number of nitrogens with zero attached hydrogens (tertiary/aromatic N) is 4. The van der Waals surface area contributed by atoms with E-state index in [-0.39, 0.29) is 17.9 Å². The van der Waals surface area contributed by atoms with Crippen LogP contribution in [0.15, 0.2) is 48.5 Å². The molecule has 2 aliphatic rings. The van der Waals surface area contributed by atoms with Gasteiger partial charge in [-0.05, 0) is 110 Å². The van der Waals surface area contributed by atoms with E-state index < -0.39 is 12.1 Å². The fourth-order valence-electron chi connectivity index (χ4n) is 4.60. The Kier molecular flexibility index (Phi) is 8.29. The maximum atomic E-state index is 13.6. The quantitative estimate of drug-likeness (QED) is 0.265. The molecule has 206 valence electrons. The average Bonchev–Trinajstić information content (AvgIpc) is 3.74. The standard InChI is InChI=1S/C30H32N6O2S2/c1-39-13-11-27(31)29(37)35-23-7-8-24(35)16-20-4-6-22(34-20)18-26-10-9-25(17-21-5-3-19(15-23)33-21)36(26)30(38)28(32)12-14-40-2/h3-10,15-18,27-28H,11-14,31-32H2,1-2H3/t27-,28-/m0/s1/i7D. The molecule has 2 atom stereocenters. The predicted molar refractivity (Wildman–Crippen MR) is 169 cm³/mol. The monoisotopic (exact) mass is 573 g/mol. The van der Waals surface area contributed by atoms with Crippen molar-refractivity contribution in [3.8, 4) is 0 Å². The molecule has 5 rings (SSSR count). The van der Waals surface area contributed by atoms with Crippen molar-refractivity contribution < 1.29 is 11.0 Å². The van der Waals surface area contributed by atoms with Crippen molar-refractivity contribution in [1.82, 2.24) is 19.1 Å². The van der Waals surface area contributed by atoms with Crippen LogP contribution in [-0.4, -0.2) is 67.0 Å². The maximum absolute atomic E-state index is 13.6. The Balaban J connectivity index is 1.77. The van der Waals surface area contributed by atoms with Gasteiger partial charge in [-0.3, -0.25) is 18.7 Å². The van der Waals surface area contributed by atoms with E-state index >= 15 is 0 Å². The van der Waals surface area contributed by atoms with Gasteiger partial charge in [-0.1, -0.05) is 0 Å². The summed E-state index contributed by atoms with van der Waals surface area (Å²) < 4.78 is 11.8. The van der Waals surface area contributed by atoms with Crippen molar-refractivity contribution in [2.45, 2.75) is 24.9 Å². The van der Waals surface area contributed by atoms with Gasteiger partial charge in [-0.25, -0.2) is 9.97 Å². The number of aromatic nitrogens is 4. The lowest BCUT2D eigenvalue weighted by molar-refractivity contribution is 0.0880. The normalized spacial score (nSPS) is 14.2. The third-order valence-corrected chi connectivity index (χ3v) is 7.98. The second-order valence-corrected chi connectivity index (χ2v) is 11.5. The van der Waals surface area contributed by atoms with Gasteiger partial charge in [0.1, 0.15) is 0 Å². The zero-order valence-corrected chi connectivity index (χ0v) is 24.0. The highest BCUT2D eigenvalue weighted by Gasteiger charge is 2.20. The van der Waals surface area contributed by atoms with Gasteiger partial charge in [0.05, 0.1) is 58.3 Å².